The highest BCUT2D eigenvalue weighted by atomic mass is 16.6. The van der Waals surface area contributed by atoms with Gasteiger partial charge >= 0.3 is 0 Å². The van der Waals surface area contributed by atoms with E-state index < -0.39 is 4.92 Å². The fourth-order valence-corrected chi connectivity index (χ4v) is 4.03. The molecule has 3 rings (SSSR count). The second-order valence-electron chi connectivity index (χ2n) is 8.55. The Labute approximate surface area is 165 Å². The number of carbonyl (C=O) groups excluding carboxylic acids is 2. The third-order valence-electron chi connectivity index (χ3n) is 5.50. The van der Waals surface area contributed by atoms with Crippen molar-refractivity contribution in [2.45, 2.75) is 45.1 Å². The molecule has 2 aliphatic rings. The van der Waals surface area contributed by atoms with Crippen LogP contribution in [0.1, 0.15) is 49.5 Å². The van der Waals surface area contributed by atoms with Gasteiger partial charge in [0.15, 0.2) is 0 Å². The second kappa shape index (κ2) is 7.87. The van der Waals surface area contributed by atoms with Crippen LogP contribution in [0.15, 0.2) is 18.2 Å². The second-order valence-corrected chi connectivity index (χ2v) is 8.55. The summed E-state index contributed by atoms with van der Waals surface area (Å²) in [6, 6.07) is 4.76. The average Bonchev–Trinajstić information content (AvgIpc) is 2.66. The number of piperazine rings is 1. The lowest BCUT2D eigenvalue weighted by Crippen LogP contribution is -2.57. The maximum Gasteiger partial charge on any atom is 0.273 e. The van der Waals surface area contributed by atoms with E-state index >= 15 is 0 Å². The first-order valence-corrected chi connectivity index (χ1v) is 9.77. The maximum absolute atomic E-state index is 13.0. The van der Waals surface area contributed by atoms with Gasteiger partial charge in [0.25, 0.3) is 11.6 Å². The Morgan fingerprint density at radius 2 is 2.04 bits per heavy atom. The molecule has 0 bridgehead atoms. The zero-order valence-corrected chi connectivity index (χ0v) is 16.7. The number of nitrogens with one attached hydrogen (secondary N) is 1. The Balaban J connectivity index is 1.80. The minimum absolute atomic E-state index is 0.0103. The van der Waals surface area contributed by atoms with Gasteiger partial charge in [0.2, 0.25) is 5.91 Å². The minimum atomic E-state index is -0.421. The number of nitrogens with zero attached hydrogens (tertiary/aromatic N) is 3. The summed E-state index contributed by atoms with van der Waals surface area (Å²) in [5.74, 6) is -0.147. The van der Waals surface area contributed by atoms with Gasteiger partial charge in [-0.1, -0.05) is 26.8 Å². The van der Waals surface area contributed by atoms with Gasteiger partial charge in [0, 0.05) is 49.4 Å². The van der Waals surface area contributed by atoms with Crippen LogP contribution in [0.3, 0.4) is 0 Å². The number of rotatable bonds is 3. The van der Waals surface area contributed by atoms with Crippen LogP contribution in [0.5, 0.6) is 0 Å². The summed E-state index contributed by atoms with van der Waals surface area (Å²) >= 11 is 0. The molecule has 2 amide bonds. The number of piperidine rings is 1. The quantitative estimate of drug-likeness (QED) is 0.630. The maximum atomic E-state index is 13.0. The molecule has 1 unspecified atom stereocenters. The van der Waals surface area contributed by atoms with Gasteiger partial charge < -0.3 is 15.1 Å². The molecule has 8 heteroatoms. The summed E-state index contributed by atoms with van der Waals surface area (Å²) in [7, 11) is 0. The summed E-state index contributed by atoms with van der Waals surface area (Å²) in [6.45, 7) is 8.56. The summed E-state index contributed by atoms with van der Waals surface area (Å²) in [4.78, 5) is 39.9. The van der Waals surface area contributed by atoms with Crippen LogP contribution in [0.25, 0.3) is 0 Å². The van der Waals surface area contributed by atoms with Crippen molar-refractivity contribution in [2.24, 2.45) is 0 Å². The fraction of sp³-hybridized carbons (Fsp3) is 0.600. The van der Waals surface area contributed by atoms with Crippen LogP contribution >= 0.6 is 0 Å². The van der Waals surface area contributed by atoms with Crippen molar-refractivity contribution >= 4 is 17.5 Å². The highest BCUT2D eigenvalue weighted by Crippen LogP contribution is 2.32. The molecule has 0 radical (unpaired) electrons. The van der Waals surface area contributed by atoms with Gasteiger partial charge in [-0.2, -0.15) is 0 Å². The van der Waals surface area contributed by atoms with Gasteiger partial charge in [-0.3, -0.25) is 19.7 Å². The van der Waals surface area contributed by atoms with Crippen molar-refractivity contribution in [3.63, 3.8) is 0 Å². The molecular formula is C20H28N4O4. The third kappa shape index (κ3) is 4.16. The lowest BCUT2D eigenvalue weighted by Gasteiger charge is -2.41. The molecule has 0 spiro atoms. The molecule has 8 nitrogen and oxygen atoms in total. The summed E-state index contributed by atoms with van der Waals surface area (Å²) in [6.07, 6.45) is 1.69. The highest BCUT2D eigenvalue weighted by molar-refractivity contribution is 5.95. The molecule has 2 saturated heterocycles. The van der Waals surface area contributed by atoms with E-state index in [1.54, 1.807) is 17.0 Å². The molecule has 152 valence electrons. The molecule has 28 heavy (non-hydrogen) atoms. The molecule has 0 aromatic heterocycles. The van der Waals surface area contributed by atoms with Gasteiger partial charge in [-0.25, -0.2) is 0 Å². The Kier molecular flexibility index (Phi) is 5.69. The predicted octanol–water partition coefficient (Wildman–Crippen LogP) is 1.93. The lowest BCUT2D eigenvalue weighted by molar-refractivity contribution is -0.386. The van der Waals surface area contributed by atoms with E-state index in [-0.39, 0.29) is 29.0 Å². The summed E-state index contributed by atoms with van der Waals surface area (Å²) in [5.41, 5.74) is 0.524. The van der Waals surface area contributed by atoms with Crippen molar-refractivity contribution in [3.8, 4) is 0 Å². The number of nitro benzene ring substituents is 1. The van der Waals surface area contributed by atoms with Crippen LogP contribution in [-0.2, 0) is 10.2 Å². The first kappa shape index (κ1) is 20.3. The smallest absolute Gasteiger partial charge is 0.273 e. The first-order chi connectivity index (χ1) is 13.2. The van der Waals surface area contributed by atoms with Crippen molar-refractivity contribution in [1.29, 1.82) is 0 Å². The first-order valence-electron chi connectivity index (χ1n) is 9.77. The van der Waals surface area contributed by atoms with Gasteiger partial charge in [0.05, 0.1) is 11.5 Å². The SMILES string of the molecule is CC(C)(C)c1ccc(C(=O)N2CCCC(N3CCNCC3=O)C2)cc1[N+](=O)[O-]. The van der Waals surface area contributed by atoms with E-state index in [0.717, 1.165) is 19.4 Å². The van der Waals surface area contributed by atoms with Gasteiger partial charge in [-0.15, -0.1) is 0 Å². The number of hydrogen-bond acceptors (Lipinski definition) is 5. The molecule has 1 aromatic rings. The number of carbonyl (C=O) groups is 2. The van der Waals surface area contributed by atoms with Gasteiger partial charge in [0.1, 0.15) is 0 Å². The van der Waals surface area contributed by atoms with E-state index in [2.05, 4.69) is 5.32 Å². The monoisotopic (exact) mass is 388 g/mol. The van der Waals surface area contributed by atoms with E-state index in [9.17, 15) is 19.7 Å². The normalized spacial score (nSPS) is 21.0. The Morgan fingerprint density at radius 1 is 1.29 bits per heavy atom. The van der Waals surface area contributed by atoms with Crippen molar-refractivity contribution in [2.75, 3.05) is 32.7 Å². The predicted molar refractivity (Wildman–Crippen MR) is 105 cm³/mol. The molecular weight excluding hydrogens is 360 g/mol. The molecule has 2 heterocycles. The number of amides is 2. The van der Waals surface area contributed by atoms with Crippen LogP contribution in [-0.4, -0.2) is 65.3 Å². The molecule has 0 saturated carbocycles. The standard InChI is InChI=1S/C20H28N4O4/c1-20(2,3)16-7-6-14(11-17(16)24(27)28)19(26)22-9-4-5-15(13-22)23-10-8-21-12-18(23)25/h6-7,11,15,21H,4-5,8-10,12-13H2,1-3H3. The minimum Gasteiger partial charge on any atom is -0.337 e. The number of hydrogen-bond donors (Lipinski definition) is 1. The number of likely N-dealkylation sites (tertiary alicyclic amines) is 1. The fourth-order valence-electron chi connectivity index (χ4n) is 4.03. The van der Waals surface area contributed by atoms with E-state index in [1.807, 2.05) is 25.7 Å². The van der Waals surface area contributed by atoms with E-state index in [4.69, 9.17) is 0 Å². The van der Waals surface area contributed by atoms with Crippen molar-refractivity contribution in [1.82, 2.24) is 15.1 Å². The Bertz CT molecular complexity index is 787. The molecule has 1 N–H and O–H groups in total. The van der Waals surface area contributed by atoms with Crippen molar-refractivity contribution < 1.29 is 14.5 Å². The number of benzene rings is 1. The Morgan fingerprint density at radius 3 is 2.68 bits per heavy atom. The van der Waals surface area contributed by atoms with Crippen LogP contribution < -0.4 is 5.32 Å². The van der Waals surface area contributed by atoms with Crippen molar-refractivity contribution in [3.05, 3.63) is 39.4 Å². The number of nitro groups is 1. The zero-order chi connectivity index (χ0) is 20.5. The van der Waals surface area contributed by atoms with E-state index in [1.165, 1.54) is 6.07 Å². The summed E-state index contributed by atoms with van der Waals surface area (Å²) < 4.78 is 0. The molecule has 1 atom stereocenters. The largest absolute Gasteiger partial charge is 0.337 e. The van der Waals surface area contributed by atoms with Crippen LogP contribution in [0.4, 0.5) is 5.69 Å². The Hall–Kier alpha value is -2.48. The molecule has 1 aromatic carbocycles. The van der Waals surface area contributed by atoms with Crippen LogP contribution in [0.2, 0.25) is 0 Å². The average molecular weight is 388 g/mol. The van der Waals surface area contributed by atoms with Crippen LogP contribution in [0, 0.1) is 10.1 Å². The highest BCUT2D eigenvalue weighted by Gasteiger charge is 2.33. The summed E-state index contributed by atoms with van der Waals surface area (Å²) in [5, 5.41) is 14.6. The molecule has 2 fully saturated rings. The third-order valence-corrected chi connectivity index (χ3v) is 5.50. The molecule has 0 aliphatic carbocycles. The zero-order valence-electron chi connectivity index (χ0n) is 16.7. The lowest BCUT2D eigenvalue weighted by atomic mass is 9.85. The van der Waals surface area contributed by atoms with E-state index in [0.29, 0.717) is 37.3 Å². The molecule has 2 aliphatic heterocycles. The van der Waals surface area contributed by atoms with Gasteiger partial charge in [-0.05, 0) is 24.3 Å². The topological polar surface area (TPSA) is 95.8 Å².